The maximum atomic E-state index is 12.6. The number of benzene rings is 2. The zero-order chi connectivity index (χ0) is 17.0. The van der Waals surface area contributed by atoms with Gasteiger partial charge < -0.3 is 15.0 Å². The van der Waals surface area contributed by atoms with Crippen LogP contribution in [0.5, 0.6) is 5.75 Å². The first kappa shape index (κ1) is 15.0. The van der Waals surface area contributed by atoms with E-state index in [9.17, 15) is 4.79 Å². The Morgan fingerprint density at radius 1 is 1.12 bits per heavy atom. The summed E-state index contributed by atoms with van der Waals surface area (Å²) in [6.45, 7) is 3.62. The van der Waals surface area contributed by atoms with Gasteiger partial charge in [-0.15, -0.1) is 0 Å². The number of nitrogens with zero attached hydrogens (tertiary/aromatic N) is 1. The van der Waals surface area contributed by atoms with Crippen LogP contribution in [0.1, 0.15) is 27.4 Å². The first-order chi connectivity index (χ1) is 12.2. The summed E-state index contributed by atoms with van der Waals surface area (Å²) in [7, 11) is 2.16. The summed E-state index contributed by atoms with van der Waals surface area (Å²) >= 11 is 0. The minimum Gasteiger partial charge on any atom is -0.493 e. The Bertz CT molecular complexity index is 861. The predicted octanol–water partition coefficient (Wildman–Crippen LogP) is 2.68. The second kappa shape index (κ2) is 5.60. The van der Waals surface area contributed by atoms with Crippen LogP contribution in [0, 0.1) is 5.92 Å². The van der Waals surface area contributed by atoms with E-state index in [0.29, 0.717) is 11.8 Å². The summed E-state index contributed by atoms with van der Waals surface area (Å²) in [6, 6.07) is 12.8. The summed E-state index contributed by atoms with van der Waals surface area (Å²) < 4.78 is 5.60. The second-order valence-corrected chi connectivity index (χ2v) is 7.52. The molecule has 5 rings (SSSR count). The van der Waals surface area contributed by atoms with Crippen LogP contribution in [-0.4, -0.2) is 44.1 Å². The van der Waals surface area contributed by atoms with E-state index in [1.807, 2.05) is 6.07 Å². The molecule has 1 amide bonds. The number of ether oxygens (including phenoxy) is 1. The van der Waals surface area contributed by atoms with Crippen LogP contribution in [0.4, 0.5) is 0 Å². The van der Waals surface area contributed by atoms with E-state index in [1.165, 1.54) is 11.1 Å². The molecule has 2 atom stereocenters. The topological polar surface area (TPSA) is 41.6 Å². The Labute approximate surface area is 147 Å². The zero-order valence-electron chi connectivity index (χ0n) is 14.4. The molecule has 3 heterocycles. The van der Waals surface area contributed by atoms with E-state index in [2.05, 4.69) is 47.6 Å². The molecule has 3 aliphatic rings. The van der Waals surface area contributed by atoms with Crippen LogP contribution in [0.2, 0.25) is 0 Å². The lowest BCUT2D eigenvalue weighted by atomic mass is 9.86. The first-order valence-electron chi connectivity index (χ1n) is 9.06. The Morgan fingerprint density at radius 2 is 1.96 bits per heavy atom. The molecule has 128 valence electrons. The average Bonchev–Trinajstić information content (AvgIpc) is 3.21. The number of rotatable bonds is 1. The van der Waals surface area contributed by atoms with Crippen LogP contribution in [-0.2, 0) is 6.42 Å². The van der Waals surface area contributed by atoms with Crippen molar-refractivity contribution in [3.63, 3.8) is 0 Å². The van der Waals surface area contributed by atoms with E-state index in [1.54, 1.807) is 0 Å². The van der Waals surface area contributed by atoms with Gasteiger partial charge in [0.1, 0.15) is 5.75 Å². The van der Waals surface area contributed by atoms with Crippen molar-refractivity contribution in [2.45, 2.75) is 12.3 Å². The van der Waals surface area contributed by atoms with Crippen molar-refractivity contribution in [3.8, 4) is 16.9 Å². The van der Waals surface area contributed by atoms with Crippen molar-refractivity contribution < 1.29 is 9.53 Å². The van der Waals surface area contributed by atoms with Crippen molar-refractivity contribution in [2.24, 2.45) is 5.92 Å². The minimum absolute atomic E-state index is 0.0680. The molecular weight excluding hydrogens is 312 g/mol. The molecule has 0 radical (unpaired) electrons. The molecule has 2 aromatic carbocycles. The van der Waals surface area contributed by atoms with Gasteiger partial charge in [-0.3, -0.25) is 4.79 Å². The fraction of sp³-hybridized carbons (Fsp3) is 0.381. The maximum Gasteiger partial charge on any atom is 0.251 e. The quantitative estimate of drug-likeness (QED) is 0.872. The molecule has 3 aliphatic heterocycles. The molecule has 4 heteroatoms. The largest absolute Gasteiger partial charge is 0.493 e. The Hall–Kier alpha value is -2.33. The van der Waals surface area contributed by atoms with Gasteiger partial charge in [0.05, 0.1) is 6.61 Å². The van der Waals surface area contributed by atoms with Crippen molar-refractivity contribution in [3.05, 3.63) is 53.1 Å². The Morgan fingerprint density at radius 3 is 2.88 bits per heavy atom. The number of likely N-dealkylation sites (tertiary alicyclic amines) is 1. The van der Waals surface area contributed by atoms with Gasteiger partial charge in [-0.25, -0.2) is 0 Å². The predicted molar refractivity (Wildman–Crippen MR) is 97.1 cm³/mol. The van der Waals surface area contributed by atoms with Crippen molar-refractivity contribution >= 4 is 5.91 Å². The number of hydrogen-bond acceptors (Lipinski definition) is 3. The number of amides is 1. The fourth-order valence-corrected chi connectivity index (χ4v) is 4.59. The number of hydrogen-bond donors (Lipinski definition) is 1. The number of fused-ring (bicyclic) bond motifs is 4. The zero-order valence-corrected chi connectivity index (χ0v) is 14.4. The van der Waals surface area contributed by atoms with E-state index >= 15 is 0 Å². The molecule has 1 saturated heterocycles. The van der Waals surface area contributed by atoms with Crippen molar-refractivity contribution in [1.29, 1.82) is 0 Å². The molecule has 1 fully saturated rings. The van der Waals surface area contributed by atoms with Gasteiger partial charge in [-0.1, -0.05) is 18.2 Å². The molecule has 4 nitrogen and oxygen atoms in total. The van der Waals surface area contributed by atoms with Gasteiger partial charge in [0.2, 0.25) is 0 Å². The van der Waals surface area contributed by atoms with E-state index < -0.39 is 0 Å². The van der Waals surface area contributed by atoms with Crippen LogP contribution >= 0.6 is 0 Å². The van der Waals surface area contributed by atoms with Crippen LogP contribution in [0.25, 0.3) is 11.1 Å². The Balaban J connectivity index is 1.57. The molecule has 0 unspecified atom stereocenters. The number of nitrogens with one attached hydrogen (secondary N) is 1. The molecule has 25 heavy (non-hydrogen) atoms. The van der Waals surface area contributed by atoms with Crippen molar-refractivity contribution in [1.82, 2.24) is 10.2 Å². The van der Waals surface area contributed by atoms with Gasteiger partial charge in [-0.05, 0) is 53.4 Å². The molecule has 0 bridgehead atoms. The standard InChI is InChI=1S/C21H22N2O2/c1-23-11-16-10-22-21(24)18-9-14(2-4-17(18)19(16)12-23)13-3-5-20-15(8-13)6-7-25-20/h2-5,8-9,16,19H,6-7,10-12H2,1H3,(H,22,24)/t16-,19-/m0/s1. The SMILES string of the molecule is CN1C[C@@H]2CNC(=O)c3cc(-c4ccc5c(c4)CCO5)ccc3[C@H]2C1. The van der Waals surface area contributed by atoms with Gasteiger partial charge in [0.15, 0.2) is 0 Å². The van der Waals surface area contributed by atoms with Crippen LogP contribution in [0.3, 0.4) is 0 Å². The first-order valence-corrected chi connectivity index (χ1v) is 9.06. The molecule has 0 aromatic heterocycles. The van der Waals surface area contributed by atoms with Gasteiger partial charge in [-0.2, -0.15) is 0 Å². The highest BCUT2D eigenvalue weighted by Crippen LogP contribution is 2.38. The summed E-state index contributed by atoms with van der Waals surface area (Å²) in [5, 5.41) is 3.13. The lowest BCUT2D eigenvalue weighted by molar-refractivity contribution is 0.0951. The average molecular weight is 334 g/mol. The normalized spacial score (nSPS) is 24.8. The number of carbonyl (C=O) groups is 1. The van der Waals surface area contributed by atoms with Crippen LogP contribution < -0.4 is 10.1 Å². The molecule has 0 spiro atoms. The summed E-state index contributed by atoms with van der Waals surface area (Å²) in [5.74, 6) is 2.02. The third-order valence-corrected chi connectivity index (χ3v) is 5.87. The van der Waals surface area contributed by atoms with E-state index in [-0.39, 0.29) is 5.91 Å². The highest BCUT2D eigenvalue weighted by atomic mass is 16.5. The molecule has 0 saturated carbocycles. The Kier molecular flexibility index (Phi) is 3.35. The van der Waals surface area contributed by atoms with Gasteiger partial charge >= 0.3 is 0 Å². The van der Waals surface area contributed by atoms with Crippen molar-refractivity contribution in [2.75, 3.05) is 33.3 Å². The lowest BCUT2D eigenvalue weighted by Gasteiger charge is -2.17. The smallest absolute Gasteiger partial charge is 0.251 e. The lowest BCUT2D eigenvalue weighted by Crippen LogP contribution is -2.29. The second-order valence-electron chi connectivity index (χ2n) is 7.52. The fourth-order valence-electron chi connectivity index (χ4n) is 4.59. The van der Waals surface area contributed by atoms with Gasteiger partial charge in [0, 0.05) is 37.5 Å². The molecule has 1 N–H and O–H groups in total. The van der Waals surface area contributed by atoms with E-state index in [0.717, 1.165) is 55.1 Å². The van der Waals surface area contributed by atoms with Gasteiger partial charge in [0.25, 0.3) is 5.91 Å². The number of carbonyl (C=O) groups excluding carboxylic acids is 1. The molecule has 0 aliphatic carbocycles. The highest BCUT2D eigenvalue weighted by Gasteiger charge is 2.36. The van der Waals surface area contributed by atoms with Crippen LogP contribution in [0.15, 0.2) is 36.4 Å². The highest BCUT2D eigenvalue weighted by molar-refractivity contribution is 5.97. The molecule has 2 aromatic rings. The van der Waals surface area contributed by atoms with E-state index in [4.69, 9.17) is 4.74 Å². The summed E-state index contributed by atoms with van der Waals surface area (Å²) in [6.07, 6.45) is 0.963. The number of likely N-dealkylation sites (N-methyl/N-ethyl adjacent to an activating group) is 1. The summed E-state index contributed by atoms with van der Waals surface area (Å²) in [4.78, 5) is 15.0. The third kappa shape index (κ3) is 2.44. The minimum atomic E-state index is 0.0680. The molecular formula is C21H22N2O2. The summed E-state index contributed by atoms with van der Waals surface area (Å²) in [5.41, 5.74) is 5.57. The monoisotopic (exact) mass is 334 g/mol. The maximum absolute atomic E-state index is 12.6. The third-order valence-electron chi connectivity index (χ3n) is 5.87.